The van der Waals surface area contributed by atoms with Crippen molar-refractivity contribution in [1.82, 2.24) is 9.97 Å². The van der Waals surface area contributed by atoms with Crippen molar-refractivity contribution in [1.29, 1.82) is 0 Å². The molecule has 3 nitrogen and oxygen atoms in total. The fourth-order valence-electron chi connectivity index (χ4n) is 1.36. The van der Waals surface area contributed by atoms with Crippen LogP contribution in [0.25, 0.3) is 10.2 Å². The zero-order valence-corrected chi connectivity index (χ0v) is 10.3. The summed E-state index contributed by atoms with van der Waals surface area (Å²) in [5, 5.41) is 1.31. The van der Waals surface area contributed by atoms with Crippen molar-refractivity contribution >= 4 is 37.5 Å². The van der Waals surface area contributed by atoms with Gasteiger partial charge < -0.3 is 4.98 Å². The number of nitrogens with zero attached hydrogens (tertiary/aromatic N) is 1. The first kappa shape index (κ1) is 9.86. The smallest absolute Gasteiger partial charge is 0.259 e. The molecule has 74 valence electrons. The summed E-state index contributed by atoms with van der Waals surface area (Å²) in [4.78, 5) is 20.8. The molecule has 0 aliphatic rings. The summed E-state index contributed by atoms with van der Waals surface area (Å²) in [6.07, 6.45) is 0. The Labute approximate surface area is 93.3 Å². The van der Waals surface area contributed by atoms with E-state index in [9.17, 15) is 4.79 Å². The molecular formula is C9H9BrN2OS. The number of halogens is 1. The quantitative estimate of drug-likeness (QED) is 0.811. The van der Waals surface area contributed by atoms with Crippen molar-refractivity contribution in [2.75, 3.05) is 0 Å². The number of aryl methyl sites for hydroxylation is 2. The van der Waals surface area contributed by atoms with E-state index in [0.717, 1.165) is 20.7 Å². The first-order valence-electron chi connectivity index (χ1n) is 4.18. The van der Waals surface area contributed by atoms with Gasteiger partial charge >= 0.3 is 0 Å². The molecule has 1 N–H and O–H groups in total. The number of rotatable bonds is 1. The van der Waals surface area contributed by atoms with Gasteiger partial charge in [-0.2, -0.15) is 0 Å². The summed E-state index contributed by atoms with van der Waals surface area (Å²) in [7, 11) is 0. The molecule has 0 unspecified atom stereocenters. The van der Waals surface area contributed by atoms with E-state index in [4.69, 9.17) is 0 Å². The lowest BCUT2D eigenvalue weighted by Crippen LogP contribution is -2.10. The highest BCUT2D eigenvalue weighted by molar-refractivity contribution is 9.08. The van der Waals surface area contributed by atoms with E-state index >= 15 is 0 Å². The van der Waals surface area contributed by atoms with Crippen molar-refractivity contribution < 1.29 is 0 Å². The molecule has 0 bridgehead atoms. The van der Waals surface area contributed by atoms with E-state index in [-0.39, 0.29) is 5.56 Å². The van der Waals surface area contributed by atoms with Gasteiger partial charge in [0.15, 0.2) is 0 Å². The van der Waals surface area contributed by atoms with Crippen LogP contribution in [-0.4, -0.2) is 9.97 Å². The highest BCUT2D eigenvalue weighted by Gasteiger charge is 2.10. The van der Waals surface area contributed by atoms with Crippen LogP contribution >= 0.6 is 27.3 Å². The standard InChI is InChI=1S/C9H9BrN2OS/c1-4-5(2)14-9-7(4)8(13)11-6(3-10)12-9/h3H2,1-2H3,(H,11,12,13). The molecule has 2 aromatic heterocycles. The Morgan fingerprint density at radius 3 is 2.86 bits per heavy atom. The number of thiophene rings is 1. The van der Waals surface area contributed by atoms with Crippen LogP contribution in [0.15, 0.2) is 4.79 Å². The maximum atomic E-state index is 11.7. The van der Waals surface area contributed by atoms with Gasteiger partial charge in [0, 0.05) is 4.88 Å². The summed E-state index contributed by atoms with van der Waals surface area (Å²) in [5.41, 5.74) is 1.01. The monoisotopic (exact) mass is 272 g/mol. The molecular weight excluding hydrogens is 264 g/mol. The molecule has 0 amide bonds. The summed E-state index contributed by atoms with van der Waals surface area (Å²) >= 11 is 4.85. The number of H-pyrrole nitrogens is 1. The molecule has 0 aliphatic carbocycles. The van der Waals surface area contributed by atoms with Crippen LogP contribution in [0.5, 0.6) is 0 Å². The predicted molar refractivity (Wildman–Crippen MR) is 62.3 cm³/mol. The molecule has 0 aromatic carbocycles. The van der Waals surface area contributed by atoms with Crippen LogP contribution in [0.2, 0.25) is 0 Å². The number of alkyl halides is 1. The molecule has 0 aliphatic heterocycles. The topological polar surface area (TPSA) is 45.8 Å². The van der Waals surface area contributed by atoms with Gasteiger partial charge in [0.05, 0.1) is 10.7 Å². The minimum atomic E-state index is -0.0358. The zero-order chi connectivity index (χ0) is 10.3. The summed E-state index contributed by atoms with van der Waals surface area (Å²) in [6.45, 7) is 3.97. The van der Waals surface area contributed by atoms with Crippen molar-refractivity contribution in [3.8, 4) is 0 Å². The van der Waals surface area contributed by atoms with E-state index in [2.05, 4.69) is 25.9 Å². The van der Waals surface area contributed by atoms with Crippen LogP contribution < -0.4 is 5.56 Å². The lowest BCUT2D eigenvalue weighted by molar-refractivity contribution is 1.05. The molecule has 0 radical (unpaired) electrons. The Morgan fingerprint density at radius 1 is 1.50 bits per heavy atom. The lowest BCUT2D eigenvalue weighted by atomic mass is 10.2. The van der Waals surface area contributed by atoms with Crippen LogP contribution in [-0.2, 0) is 5.33 Å². The number of aromatic amines is 1. The van der Waals surface area contributed by atoms with Gasteiger partial charge in [-0.25, -0.2) is 4.98 Å². The number of nitrogens with one attached hydrogen (secondary N) is 1. The van der Waals surface area contributed by atoms with Gasteiger partial charge in [0.25, 0.3) is 5.56 Å². The second kappa shape index (κ2) is 3.47. The Hall–Kier alpha value is -0.680. The molecule has 0 fully saturated rings. The third-order valence-corrected chi connectivity index (χ3v) is 3.85. The van der Waals surface area contributed by atoms with Crippen LogP contribution in [0.4, 0.5) is 0 Å². The Bertz CT molecular complexity index is 543. The van der Waals surface area contributed by atoms with E-state index < -0.39 is 0 Å². The summed E-state index contributed by atoms with van der Waals surface area (Å²) in [5.74, 6) is 0.684. The number of hydrogen-bond acceptors (Lipinski definition) is 3. The fourth-order valence-corrected chi connectivity index (χ4v) is 2.68. The average molecular weight is 273 g/mol. The highest BCUT2D eigenvalue weighted by Crippen LogP contribution is 2.25. The van der Waals surface area contributed by atoms with Crippen molar-refractivity contribution in [3.63, 3.8) is 0 Å². The first-order chi connectivity index (χ1) is 6.63. The van der Waals surface area contributed by atoms with Crippen LogP contribution in [0.1, 0.15) is 16.3 Å². The number of fused-ring (bicyclic) bond motifs is 1. The van der Waals surface area contributed by atoms with E-state index in [1.54, 1.807) is 11.3 Å². The van der Waals surface area contributed by atoms with Crippen LogP contribution in [0, 0.1) is 13.8 Å². The van der Waals surface area contributed by atoms with Crippen molar-refractivity contribution in [2.24, 2.45) is 0 Å². The van der Waals surface area contributed by atoms with Crippen LogP contribution in [0.3, 0.4) is 0 Å². The highest BCUT2D eigenvalue weighted by atomic mass is 79.9. The van der Waals surface area contributed by atoms with E-state index in [0.29, 0.717) is 11.2 Å². The van der Waals surface area contributed by atoms with Gasteiger partial charge in [-0.05, 0) is 19.4 Å². The van der Waals surface area contributed by atoms with Gasteiger partial charge in [0.1, 0.15) is 10.7 Å². The second-order valence-electron chi connectivity index (χ2n) is 3.11. The molecule has 0 saturated carbocycles. The van der Waals surface area contributed by atoms with Crippen molar-refractivity contribution in [2.45, 2.75) is 19.2 Å². The number of aromatic nitrogens is 2. The zero-order valence-electron chi connectivity index (χ0n) is 7.85. The molecule has 2 heterocycles. The molecule has 0 spiro atoms. The van der Waals surface area contributed by atoms with Crippen molar-refractivity contribution in [3.05, 3.63) is 26.6 Å². The van der Waals surface area contributed by atoms with Gasteiger partial charge in [-0.15, -0.1) is 11.3 Å². The largest absolute Gasteiger partial charge is 0.309 e. The third-order valence-electron chi connectivity index (χ3n) is 2.21. The molecule has 5 heteroatoms. The maximum Gasteiger partial charge on any atom is 0.259 e. The van der Waals surface area contributed by atoms with Gasteiger partial charge in [-0.1, -0.05) is 15.9 Å². The molecule has 2 rings (SSSR count). The Balaban J connectivity index is 2.90. The summed E-state index contributed by atoms with van der Waals surface area (Å²) in [6, 6.07) is 0. The Morgan fingerprint density at radius 2 is 2.21 bits per heavy atom. The number of hydrogen-bond donors (Lipinski definition) is 1. The first-order valence-corrected chi connectivity index (χ1v) is 6.12. The molecule has 14 heavy (non-hydrogen) atoms. The second-order valence-corrected chi connectivity index (χ2v) is 4.87. The molecule has 0 atom stereocenters. The Kier molecular flexibility index (Phi) is 2.45. The minimum Gasteiger partial charge on any atom is -0.309 e. The normalized spacial score (nSPS) is 11.1. The van der Waals surface area contributed by atoms with Gasteiger partial charge in [0.2, 0.25) is 0 Å². The minimum absolute atomic E-state index is 0.0358. The van der Waals surface area contributed by atoms with Gasteiger partial charge in [-0.3, -0.25) is 4.79 Å². The fraction of sp³-hybridized carbons (Fsp3) is 0.333. The molecule has 0 saturated heterocycles. The SMILES string of the molecule is Cc1sc2nc(CBr)[nH]c(=O)c2c1C. The van der Waals surface area contributed by atoms with E-state index in [1.807, 2.05) is 13.8 Å². The third kappa shape index (κ3) is 1.40. The maximum absolute atomic E-state index is 11.7. The van der Waals surface area contributed by atoms with E-state index in [1.165, 1.54) is 0 Å². The summed E-state index contributed by atoms with van der Waals surface area (Å²) < 4.78 is 0. The predicted octanol–water partition coefficient (Wildman–Crippen LogP) is 2.50. The lowest BCUT2D eigenvalue weighted by Gasteiger charge is -1.94. The molecule has 2 aromatic rings. The average Bonchev–Trinajstić information content (AvgIpc) is 2.43.